The maximum atomic E-state index is 13.2. The third-order valence-electron chi connectivity index (χ3n) is 3.04. The first-order valence-electron chi connectivity index (χ1n) is 5.77. The summed E-state index contributed by atoms with van der Waals surface area (Å²) in [5.74, 6) is -0.556. The van der Waals surface area contributed by atoms with Gasteiger partial charge in [-0.2, -0.15) is 0 Å². The number of hydrogen-bond donors (Lipinski definition) is 0. The van der Waals surface area contributed by atoms with Gasteiger partial charge in [-0.05, 0) is 43.5 Å². The Labute approximate surface area is 105 Å². The maximum absolute atomic E-state index is 13.2. The van der Waals surface area contributed by atoms with Gasteiger partial charge >= 0.3 is 5.97 Å². The lowest BCUT2D eigenvalue weighted by Crippen LogP contribution is -2.30. The first kappa shape index (κ1) is 12.6. The minimum absolute atomic E-state index is 0.277. The summed E-state index contributed by atoms with van der Waals surface area (Å²) in [6.45, 7) is 4.07. The van der Waals surface area contributed by atoms with Gasteiger partial charge in [-0.1, -0.05) is 0 Å². The number of hydrogen-bond acceptors (Lipinski definition) is 2. The summed E-state index contributed by atoms with van der Waals surface area (Å²) in [5.41, 5.74) is 0.138. The molecule has 0 aliphatic carbocycles. The van der Waals surface area contributed by atoms with E-state index in [9.17, 15) is 9.18 Å². The fourth-order valence-electron chi connectivity index (χ4n) is 2.06. The van der Waals surface area contributed by atoms with Gasteiger partial charge in [-0.15, -0.1) is 0 Å². The van der Waals surface area contributed by atoms with Crippen molar-refractivity contribution in [2.75, 3.05) is 7.11 Å². The number of rotatable bonds is 3. The molecule has 18 heavy (non-hydrogen) atoms. The second kappa shape index (κ2) is 4.44. The number of aromatic nitrogens is 1. The normalized spacial score (nSPS) is 11.8. The summed E-state index contributed by atoms with van der Waals surface area (Å²) in [4.78, 5) is 11.7. The molecule has 0 N–H and O–H groups in total. The minimum Gasteiger partial charge on any atom is -0.469 e. The highest BCUT2D eigenvalue weighted by Crippen LogP contribution is 2.24. The SMILES string of the molecule is COC(=O)C(C)(C)Cn1ccc2ccc(F)cc21. The zero-order chi connectivity index (χ0) is 13.3. The molecule has 0 saturated heterocycles. The molecule has 1 aromatic heterocycles. The van der Waals surface area contributed by atoms with Crippen LogP contribution in [0.1, 0.15) is 13.8 Å². The van der Waals surface area contributed by atoms with Crippen LogP contribution in [0.5, 0.6) is 0 Å². The average Bonchev–Trinajstić information content (AvgIpc) is 2.70. The first-order chi connectivity index (χ1) is 8.44. The number of halogens is 1. The molecule has 0 aliphatic rings. The average molecular weight is 249 g/mol. The molecular weight excluding hydrogens is 233 g/mol. The van der Waals surface area contributed by atoms with E-state index in [0.717, 1.165) is 10.9 Å². The summed E-state index contributed by atoms with van der Waals surface area (Å²) in [6.07, 6.45) is 1.86. The quantitative estimate of drug-likeness (QED) is 0.783. The van der Waals surface area contributed by atoms with Gasteiger partial charge in [0.05, 0.1) is 18.0 Å². The van der Waals surface area contributed by atoms with Crippen LogP contribution in [0.25, 0.3) is 10.9 Å². The third kappa shape index (κ3) is 2.23. The Morgan fingerprint density at radius 1 is 1.39 bits per heavy atom. The van der Waals surface area contributed by atoms with Crippen molar-refractivity contribution in [3.63, 3.8) is 0 Å². The molecule has 0 bridgehead atoms. The zero-order valence-electron chi connectivity index (χ0n) is 10.7. The second-order valence-corrected chi connectivity index (χ2v) is 5.02. The van der Waals surface area contributed by atoms with Crippen LogP contribution in [0.4, 0.5) is 4.39 Å². The van der Waals surface area contributed by atoms with E-state index in [1.807, 2.05) is 30.7 Å². The molecule has 0 unspecified atom stereocenters. The molecule has 3 nitrogen and oxygen atoms in total. The van der Waals surface area contributed by atoms with Gasteiger partial charge in [0.15, 0.2) is 0 Å². The summed E-state index contributed by atoms with van der Waals surface area (Å²) in [6, 6.07) is 6.54. The lowest BCUT2D eigenvalue weighted by Gasteiger charge is -2.22. The summed E-state index contributed by atoms with van der Waals surface area (Å²) in [5, 5.41) is 0.956. The molecule has 96 valence electrons. The van der Waals surface area contributed by atoms with Crippen molar-refractivity contribution in [1.82, 2.24) is 4.57 Å². The Bertz CT molecular complexity index is 586. The number of esters is 1. The number of benzene rings is 1. The number of carbonyl (C=O) groups is 1. The van der Waals surface area contributed by atoms with Gasteiger partial charge in [0.2, 0.25) is 0 Å². The van der Waals surface area contributed by atoms with E-state index in [2.05, 4.69) is 0 Å². The van der Waals surface area contributed by atoms with Crippen LogP contribution in [0.3, 0.4) is 0 Å². The molecule has 1 aromatic carbocycles. The van der Waals surface area contributed by atoms with E-state index in [4.69, 9.17) is 4.74 Å². The van der Waals surface area contributed by atoms with Crippen molar-refractivity contribution >= 4 is 16.9 Å². The number of carbonyl (C=O) groups excluding carboxylic acids is 1. The highest BCUT2D eigenvalue weighted by atomic mass is 19.1. The summed E-state index contributed by atoms with van der Waals surface area (Å²) >= 11 is 0. The monoisotopic (exact) mass is 249 g/mol. The predicted molar refractivity (Wildman–Crippen MR) is 67.7 cm³/mol. The Morgan fingerprint density at radius 3 is 2.78 bits per heavy atom. The highest BCUT2D eigenvalue weighted by molar-refractivity contribution is 5.81. The molecule has 0 aliphatic heterocycles. The van der Waals surface area contributed by atoms with Gasteiger partial charge in [0, 0.05) is 12.7 Å². The van der Waals surface area contributed by atoms with Crippen molar-refractivity contribution in [3.8, 4) is 0 Å². The van der Waals surface area contributed by atoms with E-state index in [0.29, 0.717) is 6.54 Å². The van der Waals surface area contributed by atoms with Crippen LogP contribution < -0.4 is 0 Å². The minimum atomic E-state index is -0.646. The van der Waals surface area contributed by atoms with Crippen LogP contribution in [-0.4, -0.2) is 17.6 Å². The topological polar surface area (TPSA) is 31.2 Å². The zero-order valence-corrected chi connectivity index (χ0v) is 10.7. The summed E-state index contributed by atoms with van der Waals surface area (Å²) in [7, 11) is 1.37. The number of ether oxygens (including phenoxy) is 1. The van der Waals surface area contributed by atoms with Crippen molar-refractivity contribution in [2.24, 2.45) is 5.41 Å². The number of fused-ring (bicyclic) bond motifs is 1. The fraction of sp³-hybridized carbons (Fsp3) is 0.357. The molecule has 4 heteroatoms. The Kier molecular flexibility index (Phi) is 3.11. The fourth-order valence-corrected chi connectivity index (χ4v) is 2.06. The van der Waals surface area contributed by atoms with Gasteiger partial charge in [0.1, 0.15) is 5.82 Å². The highest BCUT2D eigenvalue weighted by Gasteiger charge is 2.29. The van der Waals surface area contributed by atoms with Gasteiger partial charge in [-0.25, -0.2) is 4.39 Å². The molecule has 0 fully saturated rings. The molecule has 0 radical (unpaired) electrons. The van der Waals surface area contributed by atoms with Crippen molar-refractivity contribution < 1.29 is 13.9 Å². The maximum Gasteiger partial charge on any atom is 0.313 e. The first-order valence-corrected chi connectivity index (χ1v) is 5.77. The van der Waals surface area contributed by atoms with Crippen LogP contribution in [-0.2, 0) is 16.1 Å². The Balaban J connectivity index is 2.37. The molecule has 0 saturated carbocycles. The Morgan fingerprint density at radius 2 is 2.11 bits per heavy atom. The van der Waals surface area contributed by atoms with Crippen molar-refractivity contribution in [2.45, 2.75) is 20.4 Å². The number of methoxy groups -OCH3 is 1. The van der Waals surface area contributed by atoms with E-state index >= 15 is 0 Å². The van der Waals surface area contributed by atoms with Crippen LogP contribution in [0.15, 0.2) is 30.5 Å². The largest absolute Gasteiger partial charge is 0.469 e. The summed E-state index contributed by atoms with van der Waals surface area (Å²) < 4.78 is 19.9. The Hall–Kier alpha value is -1.84. The van der Waals surface area contributed by atoms with Gasteiger partial charge < -0.3 is 9.30 Å². The smallest absolute Gasteiger partial charge is 0.313 e. The van der Waals surface area contributed by atoms with E-state index in [1.54, 1.807) is 6.07 Å². The lowest BCUT2D eigenvalue weighted by molar-refractivity contribution is -0.151. The standard InChI is InChI=1S/C14H16FNO2/c1-14(2,13(17)18-3)9-16-7-6-10-4-5-11(15)8-12(10)16/h4-8H,9H2,1-3H3. The van der Waals surface area contributed by atoms with E-state index in [1.165, 1.54) is 19.2 Å². The van der Waals surface area contributed by atoms with Crippen molar-refractivity contribution in [1.29, 1.82) is 0 Å². The molecular formula is C14H16FNO2. The molecule has 0 spiro atoms. The van der Waals surface area contributed by atoms with Gasteiger partial charge in [0.25, 0.3) is 0 Å². The molecule has 0 amide bonds. The van der Waals surface area contributed by atoms with Crippen molar-refractivity contribution in [3.05, 3.63) is 36.3 Å². The van der Waals surface area contributed by atoms with E-state index < -0.39 is 5.41 Å². The van der Waals surface area contributed by atoms with Crippen LogP contribution in [0.2, 0.25) is 0 Å². The third-order valence-corrected chi connectivity index (χ3v) is 3.04. The van der Waals surface area contributed by atoms with Crippen LogP contribution in [0, 0.1) is 11.2 Å². The predicted octanol–water partition coefficient (Wildman–Crippen LogP) is 2.98. The second-order valence-electron chi connectivity index (χ2n) is 5.02. The molecule has 1 heterocycles. The molecule has 2 aromatic rings. The number of nitrogens with zero attached hydrogens (tertiary/aromatic N) is 1. The van der Waals surface area contributed by atoms with Crippen LogP contribution >= 0.6 is 0 Å². The van der Waals surface area contributed by atoms with Gasteiger partial charge in [-0.3, -0.25) is 4.79 Å². The molecule has 2 rings (SSSR count). The van der Waals surface area contributed by atoms with E-state index in [-0.39, 0.29) is 11.8 Å². The molecule has 0 atom stereocenters. The lowest BCUT2D eigenvalue weighted by atomic mass is 9.93.